The topological polar surface area (TPSA) is 66.5 Å². The van der Waals surface area contributed by atoms with E-state index in [2.05, 4.69) is 12.2 Å². The van der Waals surface area contributed by atoms with Crippen molar-refractivity contribution >= 4 is 15.9 Å². The molecular formula is C18H28N2O3S. The third kappa shape index (κ3) is 5.31. The third-order valence-corrected chi connectivity index (χ3v) is 6.37. The molecule has 0 saturated carbocycles. The first-order valence-corrected chi connectivity index (χ1v) is 10.4. The zero-order valence-electron chi connectivity index (χ0n) is 14.6. The summed E-state index contributed by atoms with van der Waals surface area (Å²) >= 11 is 0. The highest BCUT2D eigenvalue weighted by molar-refractivity contribution is 7.88. The smallest absolute Gasteiger partial charge is 0.223 e. The summed E-state index contributed by atoms with van der Waals surface area (Å²) in [6.07, 6.45) is 3.20. The molecule has 2 rings (SSSR count). The van der Waals surface area contributed by atoms with Crippen LogP contribution in [0.15, 0.2) is 30.3 Å². The van der Waals surface area contributed by atoms with Crippen molar-refractivity contribution in [3.05, 3.63) is 35.9 Å². The predicted octanol–water partition coefficient (Wildman–Crippen LogP) is 2.53. The first kappa shape index (κ1) is 18.9. The van der Waals surface area contributed by atoms with Gasteiger partial charge in [-0.05, 0) is 31.7 Å². The summed E-state index contributed by atoms with van der Waals surface area (Å²) in [5.41, 5.74) is 0.797. The fourth-order valence-electron chi connectivity index (χ4n) is 3.14. The molecule has 6 heteroatoms. The Hall–Kier alpha value is -1.40. The summed E-state index contributed by atoms with van der Waals surface area (Å²) in [6.45, 7) is 4.96. The van der Waals surface area contributed by atoms with E-state index in [-0.39, 0.29) is 23.6 Å². The summed E-state index contributed by atoms with van der Waals surface area (Å²) in [5, 5.41) is 3.04. The van der Waals surface area contributed by atoms with Gasteiger partial charge in [0.2, 0.25) is 15.9 Å². The molecular weight excluding hydrogens is 324 g/mol. The molecule has 24 heavy (non-hydrogen) atoms. The highest BCUT2D eigenvalue weighted by Crippen LogP contribution is 2.22. The molecule has 1 aliphatic rings. The Morgan fingerprint density at radius 3 is 2.46 bits per heavy atom. The van der Waals surface area contributed by atoms with Crippen LogP contribution in [0.2, 0.25) is 0 Å². The van der Waals surface area contributed by atoms with Gasteiger partial charge in [-0.25, -0.2) is 12.7 Å². The van der Waals surface area contributed by atoms with Gasteiger partial charge in [0.15, 0.2) is 0 Å². The van der Waals surface area contributed by atoms with Crippen LogP contribution in [0.5, 0.6) is 0 Å². The highest BCUT2D eigenvalue weighted by Gasteiger charge is 2.31. The van der Waals surface area contributed by atoms with Crippen molar-refractivity contribution in [2.24, 2.45) is 5.92 Å². The normalized spacial score (nSPS) is 18.2. The molecule has 1 N–H and O–H groups in total. The molecule has 1 atom stereocenters. The minimum Gasteiger partial charge on any atom is -0.353 e. The van der Waals surface area contributed by atoms with Crippen LogP contribution in [0.4, 0.5) is 0 Å². The van der Waals surface area contributed by atoms with Gasteiger partial charge in [0.25, 0.3) is 0 Å². The first-order valence-electron chi connectivity index (χ1n) is 8.74. The van der Waals surface area contributed by atoms with Gasteiger partial charge >= 0.3 is 0 Å². The Kier molecular flexibility index (Phi) is 6.80. The zero-order valence-corrected chi connectivity index (χ0v) is 15.4. The Balaban J connectivity index is 1.86. The maximum absolute atomic E-state index is 12.5. The lowest BCUT2D eigenvalue weighted by atomic mass is 9.96. The second kappa shape index (κ2) is 8.62. The Labute approximate surface area is 145 Å². The number of benzene rings is 1. The second-order valence-electron chi connectivity index (χ2n) is 6.61. The number of hydrogen-bond donors (Lipinski definition) is 1. The van der Waals surface area contributed by atoms with Crippen LogP contribution < -0.4 is 5.32 Å². The molecule has 1 amide bonds. The van der Waals surface area contributed by atoms with Crippen LogP contribution in [0.3, 0.4) is 0 Å². The largest absolute Gasteiger partial charge is 0.353 e. The van der Waals surface area contributed by atoms with Crippen LogP contribution >= 0.6 is 0 Å². The molecule has 1 aromatic rings. The van der Waals surface area contributed by atoms with Crippen molar-refractivity contribution in [3.63, 3.8) is 0 Å². The number of sulfonamides is 1. The molecule has 5 nitrogen and oxygen atoms in total. The molecule has 0 aliphatic carbocycles. The van der Waals surface area contributed by atoms with Crippen molar-refractivity contribution in [3.8, 4) is 0 Å². The van der Waals surface area contributed by atoms with E-state index in [1.807, 2.05) is 37.3 Å². The van der Waals surface area contributed by atoms with Crippen molar-refractivity contribution in [1.82, 2.24) is 9.62 Å². The Morgan fingerprint density at radius 1 is 1.25 bits per heavy atom. The summed E-state index contributed by atoms with van der Waals surface area (Å²) in [6, 6.07) is 9.40. The van der Waals surface area contributed by atoms with Gasteiger partial charge in [0.1, 0.15) is 0 Å². The molecule has 0 spiro atoms. The quantitative estimate of drug-likeness (QED) is 0.820. The van der Waals surface area contributed by atoms with Gasteiger partial charge < -0.3 is 5.32 Å². The molecule has 0 aromatic heterocycles. The lowest BCUT2D eigenvalue weighted by molar-refractivity contribution is -0.126. The molecule has 0 bridgehead atoms. The lowest BCUT2D eigenvalue weighted by Crippen LogP contribution is -2.45. The number of carbonyl (C=O) groups excluding carboxylic acids is 1. The fraction of sp³-hybridized carbons (Fsp3) is 0.611. The van der Waals surface area contributed by atoms with Crippen molar-refractivity contribution in [1.29, 1.82) is 0 Å². The summed E-state index contributed by atoms with van der Waals surface area (Å²) < 4.78 is 26.6. The maximum Gasteiger partial charge on any atom is 0.223 e. The molecule has 0 radical (unpaired) electrons. The number of carbonyl (C=O) groups is 1. The van der Waals surface area contributed by atoms with E-state index in [4.69, 9.17) is 0 Å². The van der Waals surface area contributed by atoms with Crippen LogP contribution in [0.25, 0.3) is 0 Å². The SMILES string of the molecule is CCC[C@@H](C)NC(=O)C1CCN(S(=O)(=O)Cc2ccccc2)CC1. The van der Waals surface area contributed by atoms with Gasteiger partial charge in [-0.15, -0.1) is 0 Å². The first-order chi connectivity index (χ1) is 11.4. The van der Waals surface area contributed by atoms with Gasteiger partial charge in [-0.1, -0.05) is 43.7 Å². The minimum absolute atomic E-state index is 0.0260. The number of piperidine rings is 1. The fourth-order valence-corrected chi connectivity index (χ4v) is 4.70. The van der Waals surface area contributed by atoms with Gasteiger partial charge in [-0.2, -0.15) is 0 Å². The van der Waals surface area contributed by atoms with Gasteiger partial charge in [0.05, 0.1) is 5.75 Å². The number of hydrogen-bond acceptors (Lipinski definition) is 3. The molecule has 1 heterocycles. The predicted molar refractivity (Wildman–Crippen MR) is 95.9 cm³/mol. The van der Waals surface area contributed by atoms with Crippen LogP contribution in [0.1, 0.15) is 45.1 Å². The van der Waals surface area contributed by atoms with E-state index in [1.165, 1.54) is 4.31 Å². The number of amides is 1. The maximum atomic E-state index is 12.5. The molecule has 1 saturated heterocycles. The molecule has 1 fully saturated rings. The lowest BCUT2D eigenvalue weighted by Gasteiger charge is -2.31. The molecule has 1 aromatic carbocycles. The molecule has 134 valence electrons. The van der Waals surface area contributed by atoms with E-state index in [0.29, 0.717) is 25.9 Å². The van der Waals surface area contributed by atoms with E-state index >= 15 is 0 Å². The zero-order chi connectivity index (χ0) is 17.6. The minimum atomic E-state index is -3.32. The number of nitrogens with zero attached hydrogens (tertiary/aromatic N) is 1. The summed E-state index contributed by atoms with van der Waals surface area (Å²) in [5.74, 6) is 0.0154. The summed E-state index contributed by atoms with van der Waals surface area (Å²) in [4.78, 5) is 12.3. The van der Waals surface area contributed by atoms with Crippen molar-refractivity contribution in [2.75, 3.05) is 13.1 Å². The Bertz CT molecular complexity index is 623. The van der Waals surface area contributed by atoms with Gasteiger partial charge in [-0.3, -0.25) is 4.79 Å². The Morgan fingerprint density at radius 2 is 1.88 bits per heavy atom. The van der Waals surface area contributed by atoms with Crippen molar-refractivity contribution < 1.29 is 13.2 Å². The third-order valence-electron chi connectivity index (χ3n) is 4.52. The van der Waals surface area contributed by atoms with E-state index in [0.717, 1.165) is 18.4 Å². The van der Waals surface area contributed by atoms with Crippen molar-refractivity contribution in [2.45, 2.75) is 51.3 Å². The number of nitrogens with one attached hydrogen (secondary N) is 1. The van der Waals surface area contributed by atoms with E-state index in [9.17, 15) is 13.2 Å². The van der Waals surface area contributed by atoms with Gasteiger partial charge in [0, 0.05) is 25.0 Å². The standard InChI is InChI=1S/C18H28N2O3S/c1-3-7-15(2)19-18(21)17-10-12-20(13-11-17)24(22,23)14-16-8-5-4-6-9-16/h4-6,8-9,15,17H,3,7,10-14H2,1-2H3,(H,19,21)/t15-/m1/s1. The monoisotopic (exact) mass is 352 g/mol. The van der Waals surface area contributed by atoms with Crippen LogP contribution in [0, 0.1) is 5.92 Å². The average Bonchev–Trinajstić information content (AvgIpc) is 2.55. The highest BCUT2D eigenvalue weighted by atomic mass is 32.2. The second-order valence-corrected chi connectivity index (χ2v) is 8.58. The molecule has 1 aliphatic heterocycles. The van der Waals surface area contributed by atoms with E-state index in [1.54, 1.807) is 0 Å². The summed E-state index contributed by atoms with van der Waals surface area (Å²) in [7, 11) is -3.32. The number of rotatable bonds is 7. The average molecular weight is 353 g/mol. The van der Waals surface area contributed by atoms with E-state index < -0.39 is 10.0 Å². The van der Waals surface area contributed by atoms with Crippen LogP contribution in [-0.4, -0.2) is 37.8 Å². The van der Waals surface area contributed by atoms with Crippen LogP contribution in [-0.2, 0) is 20.6 Å². The molecule has 0 unspecified atom stereocenters.